The highest BCUT2D eigenvalue weighted by molar-refractivity contribution is 9.10. The van der Waals surface area contributed by atoms with E-state index in [0.717, 1.165) is 12.1 Å². The predicted octanol–water partition coefficient (Wildman–Crippen LogP) is 3.84. The Kier molecular flexibility index (Phi) is 8.84. The minimum Gasteiger partial charge on any atom is -0.484 e. The highest BCUT2D eigenvalue weighted by atomic mass is 79.9. The van der Waals surface area contributed by atoms with Gasteiger partial charge in [-0.05, 0) is 60.2 Å². The number of hydrogen-bond acceptors (Lipinski definition) is 6. The van der Waals surface area contributed by atoms with Crippen LogP contribution < -0.4 is 20.8 Å². The van der Waals surface area contributed by atoms with E-state index >= 15 is 0 Å². The van der Waals surface area contributed by atoms with E-state index in [9.17, 15) is 27.6 Å². The van der Waals surface area contributed by atoms with Crippen molar-refractivity contribution in [2.45, 2.75) is 12.7 Å². The fraction of sp³-hybridized carbons (Fsp3) is 0.130. The number of benzene rings is 2. The van der Waals surface area contributed by atoms with E-state index in [1.54, 1.807) is 24.3 Å². The Balaban J connectivity index is 1.45. The fourth-order valence-corrected chi connectivity index (χ4v) is 3.08. The SMILES string of the molecule is O=C(COc1ccc(/C=N\NC(=O)C(=O)NCc2ccco2)cc1)Nc1ccc(Br)cc1C(F)(F)F. The standard InChI is InChI=1S/C23H18BrF3N4O5/c24-15-5-8-19(18(10-15)23(25,26)27)30-20(32)13-36-16-6-3-14(4-7-16)11-29-31-22(34)21(33)28-12-17-2-1-9-35-17/h1-11H,12-13H2,(H,28,33)(H,30,32)(H,31,34)/b29-11-. The molecule has 3 amide bonds. The Morgan fingerprint density at radius 1 is 1.06 bits per heavy atom. The number of furan rings is 1. The average Bonchev–Trinajstić information content (AvgIpc) is 3.36. The Morgan fingerprint density at radius 3 is 2.47 bits per heavy atom. The second-order valence-corrected chi connectivity index (χ2v) is 7.97. The van der Waals surface area contributed by atoms with Gasteiger partial charge in [-0.25, -0.2) is 5.43 Å². The van der Waals surface area contributed by atoms with E-state index in [1.807, 2.05) is 0 Å². The zero-order valence-corrected chi connectivity index (χ0v) is 19.9. The highest BCUT2D eigenvalue weighted by Gasteiger charge is 2.34. The van der Waals surface area contributed by atoms with E-state index in [0.29, 0.717) is 11.3 Å². The minimum absolute atomic E-state index is 0.0507. The molecule has 1 heterocycles. The summed E-state index contributed by atoms with van der Waals surface area (Å²) in [5, 5.41) is 8.24. The number of carbonyl (C=O) groups excluding carboxylic acids is 3. The van der Waals surface area contributed by atoms with Crippen LogP contribution in [-0.4, -0.2) is 30.5 Å². The van der Waals surface area contributed by atoms with Crippen molar-refractivity contribution in [2.24, 2.45) is 5.10 Å². The number of carbonyl (C=O) groups is 3. The van der Waals surface area contributed by atoms with Crippen LogP contribution in [0.15, 0.2) is 74.9 Å². The lowest BCUT2D eigenvalue weighted by molar-refractivity contribution is -0.139. The third kappa shape index (κ3) is 7.98. The van der Waals surface area contributed by atoms with Gasteiger partial charge in [-0.1, -0.05) is 15.9 Å². The van der Waals surface area contributed by atoms with E-state index in [4.69, 9.17) is 9.15 Å². The van der Waals surface area contributed by atoms with E-state index < -0.39 is 36.1 Å². The van der Waals surface area contributed by atoms with Gasteiger partial charge < -0.3 is 19.8 Å². The van der Waals surface area contributed by atoms with E-state index in [1.165, 1.54) is 30.7 Å². The second kappa shape index (κ2) is 12.0. The second-order valence-electron chi connectivity index (χ2n) is 7.05. The lowest BCUT2D eigenvalue weighted by atomic mass is 10.1. The van der Waals surface area contributed by atoms with Gasteiger partial charge in [0.15, 0.2) is 6.61 Å². The summed E-state index contributed by atoms with van der Waals surface area (Å²) < 4.78 is 50.1. The fourth-order valence-electron chi connectivity index (χ4n) is 2.72. The van der Waals surface area contributed by atoms with Gasteiger partial charge in [-0.15, -0.1) is 0 Å². The first-order chi connectivity index (χ1) is 17.1. The first-order valence-electron chi connectivity index (χ1n) is 10.1. The van der Waals surface area contributed by atoms with Crippen molar-refractivity contribution in [1.29, 1.82) is 0 Å². The predicted molar refractivity (Wildman–Crippen MR) is 126 cm³/mol. The van der Waals surface area contributed by atoms with Crippen LogP contribution in [0.1, 0.15) is 16.9 Å². The first-order valence-corrected chi connectivity index (χ1v) is 10.9. The molecule has 3 aromatic rings. The maximum Gasteiger partial charge on any atom is 0.418 e. The van der Waals surface area contributed by atoms with Gasteiger partial charge in [0.25, 0.3) is 5.91 Å². The Bertz CT molecular complexity index is 1250. The number of ether oxygens (including phenoxy) is 1. The quantitative estimate of drug-likeness (QED) is 0.217. The van der Waals surface area contributed by atoms with Gasteiger partial charge in [0, 0.05) is 4.47 Å². The molecule has 0 aliphatic carbocycles. The molecule has 0 spiro atoms. The van der Waals surface area contributed by atoms with Crippen molar-refractivity contribution in [3.05, 3.63) is 82.2 Å². The molecule has 3 N–H and O–H groups in total. The summed E-state index contributed by atoms with van der Waals surface area (Å²) in [6.45, 7) is -0.473. The van der Waals surface area contributed by atoms with Crippen molar-refractivity contribution >= 4 is 45.6 Å². The van der Waals surface area contributed by atoms with Crippen LogP contribution >= 0.6 is 15.9 Å². The van der Waals surface area contributed by atoms with Crippen molar-refractivity contribution < 1.29 is 36.7 Å². The molecule has 0 aliphatic heterocycles. The van der Waals surface area contributed by atoms with Crippen LogP contribution in [0, 0.1) is 0 Å². The number of amides is 3. The Labute approximate surface area is 210 Å². The maximum atomic E-state index is 13.2. The number of nitrogens with zero attached hydrogens (tertiary/aromatic N) is 1. The van der Waals surface area contributed by atoms with Crippen LogP contribution in [-0.2, 0) is 27.1 Å². The normalized spacial score (nSPS) is 11.2. The summed E-state index contributed by atoms with van der Waals surface area (Å²) >= 11 is 2.98. The summed E-state index contributed by atoms with van der Waals surface area (Å²) in [4.78, 5) is 35.5. The molecular weight excluding hydrogens is 549 g/mol. The molecule has 3 rings (SSSR count). The lowest BCUT2D eigenvalue weighted by Crippen LogP contribution is -2.37. The molecule has 0 saturated heterocycles. The molecule has 0 unspecified atom stereocenters. The van der Waals surface area contributed by atoms with Gasteiger partial charge in [0.05, 0.1) is 30.3 Å². The van der Waals surface area contributed by atoms with Crippen molar-refractivity contribution in [1.82, 2.24) is 10.7 Å². The summed E-state index contributed by atoms with van der Waals surface area (Å²) in [5.41, 5.74) is 1.24. The monoisotopic (exact) mass is 566 g/mol. The van der Waals surface area contributed by atoms with Gasteiger partial charge >= 0.3 is 18.0 Å². The molecule has 0 bridgehead atoms. The van der Waals surface area contributed by atoms with Gasteiger partial charge in [-0.2, -0.15) is 18.3 Å². The lowest BCUT2D eigenvalue weighted by Gasteiger charge is -2.14. The number of alkyl halides is 3. The molecule has 0 saturated carbocycles. The Morgan fingerprint density at radius 2 is 1.81 bits per heavy atom. The molecule has 0 atom stereocenters. The van der Waals surface area contributed by atoms with Crippen molar-refractivity contribution in [3.8, 4) is 5.75 Å². The molecule has 0 radical (unpaired) electrons. The number of nitrogens with one attached hydrogen (secondary N) is 3. The largest absolute Gasteiger partial charge is 0.484 e. The first kappa shape index (κ1) is 26.5. The number of hydrazone groups is 1. The third-order valence-electron chi connectivity index (χ3n) is 4.40. The molecule has 188 valence electrons. The molecule has 36 heavy (non-hydrogen) atoms. The van der Waals surface area contributed by atoms with E-state index in [2.05, 4.69) is 37.1 Å². The Hall–Kier alpha value is -4.13. The molecular formula is C23H18BrF3N4O5. The zero-order valence-electron chi connectivity index (χ0n) is 18.3. The maximum absolute atomic E-state index is 13.2. The number of anilines is 1. The topological polar surface area (TPSA) is 122 Å². The minimum atomic E-state index is -4.64. The van der Waals surface area contributed by atoms with Gasteiger partial charge in [-0.3, -0.25) is 14.4 Å². The van der Waals surface area contributed by atoms with Crippen LogP contribution in [0.25, 0.3) is 0 Å². The van der Waals surface area contributed by atoms with Crippen LogP contribution in [0.5, 0.6) is 5.75 Å². The summed E-state index contributed by atoms with van der Waals surface area (Å²) in [5.74, 6) is -1.88. The smallest absolute Gasteiger partial charge is 0.418 e. The van der Waals surface area contributed by atoms with Crippen molar-refractivity contribution in [3.63, 3.8) is 0 Å². The highest BCUT2D eigenvalue weighted by Crippen LogP contribution is 2.36. The van der Waals surface area contributed by atoms with Crippen LogP contribution in [0.4, 0.5) is 18.9 Å². The van der Waals surface area contributed by atoms with Crippen LogP contribution in [0.2, 0.25) is 0 Å². The van der Waals surface area contributed by atoms with Crippen LogP contribution in [0.3, 0.4) is 0 Å². The molecule has 13 heteroatoms. The molecule has 0 aliphatic rings. The van der Waals surface area contributed by atoms with Gasteiger partial charge in [0.1, 0.15) is 11.5 Å². The number of hydrogen-bond donors (Lipinski definition) is 3. The molecule has 2 aromatic carbocycles. The molecule has 0 fully saturated rings. The number of halogens is 4. The van der Waals surface area contributed by atoms with Crippen molar-refractivity contribution in [2.75, 3.05) is 11.9 Å². The average molecular weight is 567 g/mol. The zero-order chi connectivity index (χ0) is 26.1. The summed E-state index contributed by atoms with van der Waals surface area (Å²) in [6.07, 6.45) is -1.93. The van der Waals surface area contributed by atoms with E-state index in [-0.39, 0.29) is 22.5 Å². The third-order valence-corrected chi connectivity index (χ3v) is 4.89. The molecule has 9 nitrogen and oxygen atoms in total. The van der Waals surface area contributed by atoms with Gasteiger partial charge in [0.2, 0.25) is 0 Å². The summed E-state index contributed by atoms with van der Waals surface area (Å²) in [7, 11) is 0. The number of rotatable bonds is 8. The molecule has 1 aromatic heterocycles. The summed E-state index contributed by atoms with van der Waals surface area (Å²) in [6, 6.07) is 12.8.